The molecule has 4 aromatic rings. The second kappa shape index (κ2) is 7.92. The summed E-state index contributed by atoms with van der Waals surface area (Å²) in [6.07, 6.45) is 7.02. The van der Waals surface area contributed by atoms with Gasteiger partial charge in [-0.2, -0.15) is 0 Å². The number of nitrogens with zero attached hydrogens (tertiary/aromatic N) is 7. The van der Waals surface area contributed by atoms with Crippen molar-refractivity contribution in [3.05, 3.63) is 95.9 Å². The first-order chi connectivity index (χ1) is 15.1. The second-order valence-corrected chi connectivity index (χ2v) is 7.94. The molecular weight excluding hydrogens is 408 g/mol. The molecule has 1 fully saturated rings. The maximum atomic E-state index is 5.78. The van der Waals surface area contributed by atoms with Crippen molar-refractivity contribution in [2.45, 2.75) is 32.5 Å². The van der Waals surface area contributed by atoms with Crippen LogP contribution in [-0.2, 0) is 6.54 Å². The number of pyridine rings is 2. The van der Waals surface area contributed by atoms with Gasteiger partial charge in [-0.3, -0.25) is 14.6 Å². The van der Waals surface area contributed by atoms with E-state index < -0.39 is 0 Å². The van der Waals surface area contributed by atoms with Crippen molar-refractivity contribution >= 4 is 17.3 Å². The average Bonchev–Trinajstić information content (AvgIpc) is 3.49. The minimum atomic E-state index is -0.0766. The zero-order chi connectivity index (χ0) is 21.4. The normalized spacial score (nSPS) is 18.4. The molecule has 0 unspecified atom stereocenters. The third kappa shape index (κ3) is 3.46. The summed E-state index contributed by atoms with van der Waals surface area (Å²) in [7, 11) is 0. The molecule has 0 amide bonds. The standard InChI is InChI=1S/C22H22N8S/c1-15-11-18(16(2)30(15)28-13-25-26-14-28)21-20(19-8-4-6-10-24-19)27-22(31)29(21)12-17-7-3-5-9-23-17/h3-11,13-14,20-21H,12H2,1-2H3,(H,27,31)/t20-,21-/m1/s1. The van der Waals surface area contributed by atoms with Crippen LogP contribution in [-0.4, -0.2) is 39.5 Å². The third-order valence-corrected chi connectivity index (χ3v) is 6.00. The molecule has 0 spiro atoms. The molecule has 4 aromatic heterocycles. The van der Waals surface area contributed by atoms with Crippen LogP contribution in [0.1, 0.15) is 40.4 Å². The number of hydrogen-bond donors (Lipinski definition) is 1. The van der Waals surface area contributed by atoms with E-state index in [0.29, 0.717) is 11.7 Å². The minimum absolute atomic E-state index is 0.0409. The Kier molecular flexibility index (Phi) is 4.95. The van der Waals surface area contributed by atoms with Crippen molar-refractivity contribution in [1.82, 2.24) is 39.7 Å². The fourth-order valence-electron chi connectivity index (χ4n) is 4.31. The summed E-state index contributed by atoms with van der Waals surface area (Å²) < 4.78 is 3.98. The van der Waals surface area contributed by atoms with Crippen LogP contribution >= 0.6 is 12.2 Å². The molecule has 9 heteroatoms. The van der Waals surface area contributed by atoms with Crippen LogP contribution in [0.5, 0.6) is 0 Å². The zero-order valence-corrected chi connectivity index (χ0v) is 18.1. The van der Waals surface area contributed by atoms with Crippen LogP contribution in [0.15, 0.2) is 67.5 Å². The molecular formula is C22H22N8S. The van der Waals surface area contributed by atoms with Crippen LogP contribution in [0.3, 0.4) is 0 Å². The molecule has 5 rings (SSSR count). The molecule has 1 aliphatic rings. The molecule has 1 saturated heterocycles. The molecule has 1 aliphatic heterocycles. The molecule has 0 bridgehead atoms. The predicted molar refractivity (Wildman–Crippen MR) is 120 cm³/mol. The van der Waals surface area contributed by atoms with Gasteiger partial charge < -0.3 is 10.2 Å². The molecule has 0 saturated carbocycles. The molecule has 156 valence electrons. The van der Waals surface area contributed by atoms with E-state index >= 15 is 0 Å². The second-order valence-electron chi connectivity index (χ2n) is 7.56. The van der Waals surface area contributed by atoms with Gasteiger partial charge >= 0.3 is 0 Å². The lowest BCUT2D eigenvalue weighted by molar-refractivity contribution is 0.306. The van der Waals surface area contributed by atoms with E-state index in [1.54, 1.807) is 12.7 Å². The summed E-state index contributed by atoms with van der Waals surface area (Å²) in [4.78, 5) is 11.3. The number of rotatable bonds is 5. The minimum Gasteiger partial charge on any atom is -0.352 e. The van der Waals surface area contributed by atoms with Crippen molar-refractivity contribution < 1.29 is 0 Å². The molecule has 1 N–H and O–H groups in total. The van der Waals surface area contributed by atoms with Crippen molar-refractivity contribution in [2.75, 3.05) is 0 Å². The Morgan fingerprint density at radius 2 is 1.74 bits per heavy atom. The van der Waals surface area contributed by atoms with E-state index in [2.05, 4.69) is 55.0 Å². The van der Waals surface area contributed by atoms with E-state index in [4.69, 9.17) is 12.2 Å². The lowest BCUT2D eigenvalue weighted by atomic mass is 9.96. The zero-order valence-electron chi connectivity index (χ0n) is 17.3. The first-order valence-corrected chi connectivity index (χ1v) is 10.5. The first-order valence-electron chi connectivity index (χ1n) is 10.1. The van der Waals surface area contributed by atoms with Gasteiger partial charge in [0.1, 0.15) is 12.7 Å². The van der Waals surface area contributed by atoms with Crippen molar-refractivity contribution in [3.63, 3.8) is 0 Å². The van der Waals surface area contributed by atoms with E-state index in [0.717, 1.165) is 22.8 Å². The summed E-state index contributed by atoms with van der Waals surface area (Å²) in [6.45, 7) is 4.80. The Hall–Kier alpha value is -3.59. The highest BCUT2D eigenvalue weighted by Gasteiger charge is 2.41. The summed E-state index contributed by atoms with van der Waals surface area (Å²) >= 11 is 5.78. The van der Waals surface area contributed by atoms with Gasteiger partial charge in [0.05, 0.1) is 30.0 Å². The number of aryl methyl sites for hydroxylation is 1. The lowest BCUT2D eigenvalue weighted by Crippen LogP contribution is -2.29. The number of hydrogen-bond acceptors (Lipinski definition) is 5. The SMILES string of the molecule is Cc1cc([C@@H]2[C@@H](c3ccccn3)NC(=S)N2Cc2ccccn2)c(C)n1-n1cnnc1. The number of nitrogens with one attached hydrogen (secondary N) is 1. The largest absolute Gasteiger partial charge is 0.352 e. The monoisotopic (exact) mass is 430 g/mol. The average molecular weight is 431 g/mol. The first kappa shape index (κ1) is 19.4. The van der Waals surface area contributed by atoms with Gasteiger partial charge in [-0.1, -0.05) is 12.1 Å². The van der Waals surface area contributed by atoms with E-state index in [1.807, 2.05) is 53.5 Å². The molecule has 0 radical (unpaired) electrons. The summed E-state index contributed by atoms with van der Waals surface area (Å²) in [6, 6.07) is 14.0. The van der Waals surface area contributed by atoms with E-state index in [1.165, 1.54) is 5.56 Å². The lowest BCUT2D eigenvalue weighted by Gasteiger charge is -2.28. The molecule has 5 heterocycles. The van der Waals surface area contributed by atoms with Crippen LogP contribution < -0.4 is 5.32 Å². The van der Waals surface area contributed by atoms with Gasteiger partial charge in [-0.15, -0.1) is 10.2 Å². The highest BCUT2D eigenvalue weighted by Crippen LogP contribution is 2.41. The Bertz CT molecular complexity index is 1190. The van der Waals surface area contributed by atoms with Crippen molar-refractivity contribution in [2.24, 2.45) is 0 Å². The molecule has 0 aromatic carbocycles. The number of thiocarbonyl (C=S) groups is 1. The van der Waals surface area contributed by atoms with Crippen LogP contribution in [0, 0.1) is 13.8 Å². The van der Waals surface area contributed by atoms with Crippen molar-refractivity contribution in [1.29, 1.82) is 0 Å². The van der Waals surface area contributed by atoms with Gasteiger partial charge in [-0.25, -0.2) is 4.68 Å². The maximum Gasteiger partial charge on any atom is 0.170 e. The summed E-state index contributed by atoms with van der Waals surface area (Å²) in [5.74, 6) is 0. The smallest absolute Gasteiger partial charge is 0.170 e. The van der Waals surface area contributed by atoms with E-state index in [-0.39, 0.29) is 12.1 Å². The van der Waals surface area contributed by atoms with Gasteiger partial charge in [0.15, 0.2) is 5.11 Å². The fourth-order valence-corrected chi connectivity index (χ4v) is 4.62. The topological polar surface area (TPSA) is 76.7 Å². The third-order valence-electron chi connectivity index (χ3n) is 5.65. The molecule has 0 aliphatic carbocycles. The quantitative estimate of drug-likeness (QED) is 0.488. The van der Waals surface area contributed by atoms with E-state index in [9.17, 15) is 0 Å². The van der Waals surface area contributed by atoms with Gasteiger partial charge in [0, 0.05) is 29.3 Å². The van der Waals surface area contributed by atoms with Crippen LogP contribution in [0.25, 0.3) is 0 Å². The van der Waals surface area contributed by atoms with Gasteiger partial charge in [0.2, 0.25) is 0 Å². The number of aromatic nitrogens is 6. The molecule has 31 heavy (non-hydrogen) atoms. The van der Waals surface area contributed by atoms with Gasteiger partial charge in [0.25, 0.3) is 0 Å². The maximum absolute atomic E-state index is 5.78. The molecule has 2 atom stereocenters. The highest BCUT2D eigenvalue weighted by molar-refractivity contribution is 7.80. The Balaban J connectivity index is 1.62. The Morgan fingerprint density at radius 1 is 1.00 bits per heavy atom. The summed E-state index contributed by atoms with van der Waals surface area (Å²) in [5.41, 5.74) is 5.27. The molecule has 8 nitrogen and oxygen atoms in total. The van der Waals surface area contributed by atoms with Crippen LogP contribution in [0.4, 0.5) is 0 Å². The van der Waals surface area contributed by atoms with Crippen molar-refractivity contribution in [3.8, 4) is 0 Å². The van der Waals surface area contributed by atoms with Crippen LogP contribution in [0.2, 0.25) is 0 Å². The van der Waals surface area contributed by atoms with Gasteiger partial charge in [-0.05, 0) is 56.4 Å². The fraction of sp³-hybridized carbons (Fsp3) is 0.227. The Labute approximate surface area is 185 Å². The predicted octanol–water partition coefficient (Wildman–Crippen LogP) is 2.97. The Morgan fingerprint density at radius 3 is 2.42 bits per heavy atom. The highest BCUT2D eigenvalue weighted by atomic mass is 32.1. The summed E-state index contributed by atoms with van der Waals surface area (Å²) in [5, 5.41) is 12.1.